The van der Waals surface area contributed by atoms with Gasteiger partial charge in [-0.05, 0) is 37.0 Å². The molecular formula is C13H19FN2O2S. The summed E-state index contributed by atoms with van der Waals surface area (Å²) in [7, 11) is -3.53. The fraction of sp³-hybridized carbons (Fsp3) is 0.538. The fourth-order valence-corrected chi connectivity index (χ4v) is 4.08. The number of rotatable bonds is 3. The lowest BCUT2D eigenvalue weighted by Gasteiger charge is -2.17. The maximum Gasteiger partial charge on any atom is 0.243 e. The molecule has 1 aromatic carbocycles. The van der Waals surface area contributed by atoms with Gasteiger partial charge in [0.25, 0.3) is 0 Å². The summed E-state index contributed by atoms with van der Waals surface area (Å²) in [5.41, 5.74) is 6.01. The quantitative estimate of drug-likeness (QED) is 0.918. The summed E-state index contributed by atoms with van der Waals surface area (Å²) in [6, 6.07) is 2.73. The lowest BCUT2D eigenvalue weighted by atomic mass is 10.1. The Morgan fingerprint density at radius 1 is 1.47 bits per heavy atom. The van der Waals surface area contributed by atoms with Gasteiger partial charge < -0.3 is 5.73 Å². The third-order valence-electron chi connectivity index (χ3n) is 3.55. The maximum absolute atomic E-state index is 13.7. The van der Waals surface area contributed by atoms with Crippen molar-refractivity contribution in [1.29, 1.82) is 0 Å². The molecule has 2 N–H and O–H groups in total. The van der Waals surface area contributed by atoms with Crippen LogP contribution < -0.4 is 5.73 Å². The SMILES string of the molecule is Cc1cc(S(=O)(=O)N2CCC(C)C2)cc(CN)c1F. The van der Waals surface area contributed by atoms with Gasteiger partial charge in [-0.25, -0.2) is 12.8 Å². The molecule has 0 radical (unpaired) electrons. The molecule has 0 aliphatic carbocycles. The zero-order valence-corrected chi connectivity index (χ0v) is 12.0. The molecule has 0 amide bonds. The van der Waals surface area contributed by atoms with Crippen molar-refractivity contribution in [2.45, 2.75) is 31.7 Å². The minimum absolute atomic E-state index is 0.00750. The highest BCUT2D eigenvalue weighted by Gasteiger charge is 2.31. The van der Waals surface area contributed by atoms with E-state index in [4.69, 9.17) is 5.73 Å². The largest absolute Gasteiger partial charge is 0.326 e. The molecule has 1 aliphatic rings. The van der Waals surface area contributed by atoms with Crippen LogP contribution in [-0.2, 0) is 16.6 Å². The second kappa shape index (κ2) is 5.19. The van der Waals surface area contributed by atoms with Crippen molar-refractivity contribution >= 4 is 10.0 Å². The summed E-state index contributed by atoms with van der Waals surface area (Å²) in [6.45, 7) is 4.62. The van der Waals surface area contributed by atoms with Crippen LogP contribution in [0.15, 0.2) is 17.0 Å². The van der Waals surface area contributed by atoms with Crippen LogP contribution in [0.1, 0.15) is 24.5 Å². The Hall–Kier alpha value is -0.980. The van der Waals surface area contributed by atoms with Gasteiger partial charge in [-0.1, -0.05) is 6.92 Å². The van der Waals surface area contributed by atoms with Gasteiger partial charge in [0.15, 0.2) is 0 Å². The zero-order valence-electron chi connectivity index (χ0n) is 11.2. The molecule has 1 aromatic rings. The second-order valence-corrected chi connectivity index (χ2v) is 7.11. The van der Waals surface area contributed by atoms with E-state index in [9.17, 15) is 12.8 Å². The Labute approximate surface area is 113 Å². The van der Waals surface area contributed by atoms with E-state index in [1.807, 2.05) is 6.92 Å². The number of nitrogens with two attached hydrogens (primary N) is 1. The average Bonchev–Trinajstić information content (AvgIpc) is 2.79. The van der Waals surface area contributed by atoms with Gasteiger partial charge in [0.05, 0.1) is 4.90 Å². The molecular weight excluding hydrogens is 267 g/mol. The molecule has 1 aliphatic heterocycles. The Bertz CT molecular complexity index is 587. The van der Waals surface area contributed by atoms with E-state index in [0.717, 1.165) is 6.42 Å². The summed E-state index contributed by atoms with van der Waals surface area (Å²) in [6.07, 6.45) is 0.864. The smallest absolute Gasteiger partial charge is 0.243 e. The zero-order chi connectivity index (χ0) is 14.2. The molecule has 0 spiro atoms. The molecule has 1 atom stereocenters. The Morgan fingerprint density at radius 2 is 2.16 bits per heavy atom. The number of hydrogen-bond acceptors (Lipinski definition) is 3. The van der Waals surface area contributed by atoms with Gasteiger partial charge in [-0.3, -0.25) is 0 Å². The van der Waals surface area contributed by atoms with Crippen LogP contribution >= 0.6 is 0 Å². The minimum Gasteiger partial charge on any atom is -0.326 e. The molecule has 1 heterocycles. The number of hydrogen-bond donors (Lipinski definition) is 1. The van der Waals surface area contributed by atoms with E-state index < -0.39 is 15.8 Å². The second-order valence-electron chi connectivity index (χ2n) is 5.17. The predicted molar refractivity (Wildman–Crippen MR) is 71.6 cm³/mol. The third kappa shape index (κ3) is 2.66. The van der Waals surface area contributed by atoms with E-state index >= 15 is 0 Å². The summed E-state index contributed by atoms with van der Waals surface area (Å²) in [5, 5.41) is 0. The van der Waals surface area contributed by atoms with E-state index in [2.05, 4.69) is 0 Å². The average molecular weight is 286 g/mol. The molecule has 1 saturated heterocycles. The van der Waals surface area contributed by atoms with Crippen molar-refractivity contribution in [2.75, 3.05) is 13.1 Å². The topological polar surface area (TPSA) is 63.4 Å². The van der Waals surface area contributed by atoms with Crippen molar-refractivity contribution in [1.82, 2.24) is 4.31 Å². The van der Waals surface area contributed by atoms with Gasteiger partial charge >= 0.3 is 0 Å². The van der Waals surface area contributed by atoms with Gasteiger partial charge in [0.2, 0.25) is 10.0 Å². The summed E-state index contributed by atoms with van der Waals surface area (Å²) >= 11 is 0. The Morgan fingerprint density at radius 3 is 2.68 bits per heavy atom. The first kappa shape index (κ1) is 14.4. The lowest BCUT2D eigenvalue weighted by molar-refractivity contribution is 0.464. The Balaban J connectivity index is 2.44. The third-order valence-corrected chi connectivity index (χ3v) is 5.39. The van der Waals surface area contributed by atoms with Gasteiger partial charge in [0.1, 0.15) is 5.82 Å². The van der Waals surface area contributed by atoms with Crippen LogP contribution in [0.5, 0.6) is 0 Å². The number of nitrogens with zero attached hydrogens (tertiary/aromatic N) is 1. The first-order valence-corrected chi connectivity index (χ1v) is 7.79. The highest BCUT2D eigenvalue weighted by molar-refractivity contribution is 7.89. The van der Waals surface area contributed by atoms with Gasteiger partial charge in [0, 0.05) is 25.2 Å². The number of benzene rings is 1. The van der Waals surface area contributed by atoms with Gasteiger partial charge in [-0.2, -0.15) is 4.31 Å². The number of sulfonamides is 1. The molecule has 2 rings (SSSR count). The van der Waals surface area contributed by atoms with Crippen molar-refractivity contribution in [2.24, 2.45) is 11.7 Å². The number of aryl methyl sites for hydroxylation is 1. The molecule has 1 fully saturated rings. The Kier molecular flexibility index (Phi) is 3.94. The highest BCUT2D eigenvalue weighted by Crippen LogP contribution is 2.26. The van der Waals surface area contributed by atoms with Crippen LogP contribution in [0.2, 0.25) is 0 Å². The summed E-state index contributed by atoms with van der Waals surface area (Å²) in [5.74, 6) is -0.0541. The molecule has 0 aromatic heterocycles. The van der Waals surface area contributed by atoms with E-state index in [0.29, 0.717) is 24.6 Å². The number of halogens is 1. The first-order chi connectivity index (χ1) is 8.86. The molecule has 19 heavy (non-hydrogen) atoms. The van der Waals surface area contributed by atoms with Crippen LogP contribution in [0, 0.1) is 18.7 Å². The summed E-state index contributed by atoms with van der Waals surface area (Å²) in [4.78, 5) is 0.140. The van der Waals surface area contributed by atoms with Crippen LogP contribution in [0.25, 0.3) is 0 Å². The van der Waals surface area contributed by atoms with E-state index in [1.54, 1.807) is 6.92 Å². The highest BCUT2D eigenvalue weighted by atomic mass is 32.2. The maximum atomic E-state index is 13.7. The van der Waals surface area contributed by atoms with Crippen molar-refractivity contribution in [3.8, 4) is 0 Å². The van der Waals surface area contributed by atoms with Crippen molar-refractivity contribution < 1.29 is 12.8 Å². The standard InChI is InChI=1S/C13H19FN2O2S/c1-9-3-4-16(8-9)19(17,18)12-5-10(2)13(14)11(6-12)7-15/h5-6,9H,3-4,7-8,15H2,1-2H3. The summed E-state index contributed by atoms with van der Waals surface area (Å²) < 4.78 is 40.1. The predicted octanol–water partition coefficient (Wildman–Crippen LogP) is 1.62. The molecule has 0 bridgehead atoms. The van der Waals surface area contributed by atoms with Crippen LogP contribution in [-0.4, -0.2) is 25.8 Å². The monoisotopic (exact) mass is 286 g/mol. The molecule has 1 unspecified atom stereocenters. The van der Waals surface area contributed by atoms with Gasteiger partial charge in [-0.15, -0.1) is 0 Å². The van der Waals surface area contributed by atoms with E-state index in [1.165, 1.54) is 16.4 Å². The minimum atomic E-state index is -3.53. The molecule has 0 saturated carbocycles. The molecule has 106 valence electrons. The lowest BCUT2D eigenvalue weighted by Crippen LogP contribution is -2.29. The van der Waals surface area contributed by atoms with E-state index in [-0.39, 0.29) is 17.0 Å². The van der Waals surface area contributed by atoms with Crippen LogP contribution in [0.4, 0.5) is 4.39 Å². The first-order valence-electron chi connectivity index (χ1n) is 6.35. The normalized spacial score (nSPS) is 20.9. The van der Waals surface area contributed by atoms with Crippen molar-refractivity contribution in [3.05, 3.63) is 29.1 Å². The fourth-order valence-electron chi connectivity index (χ4n) is 2.37. The molecule has 6 heteroatoms. The van der Waals surface area contributed by atoms with Crippen molar-refractivity contribution in [3.63, 3.8) is 0 Å². The van der Waals surface area contributed by atoms with Crippen LogP contribution in [0.3, 0.4) is 0 Å². The molecule has 4 nitrogen and oxygen atoms in total.